The molecule has 0 spiro atoms. The Bertz CT molecular complexity index is 1150. The van der Waals surface area contributed by atoms with E-state index < -0.39 is 5.97 Å². The maximum atomic E-state index is 13.1. The van der Waals surface area contributed by atoms with Gasteiger partial charge >= 0.3 is 5.97 Å². The minimum Gasteiger partial charge on any atom is -0.481 e. The van der Waals surface area contributed by atoms with Gasteiger partial charge in [-0.25, -0.2) is 0 Å². The lowest BCUT2D eigenvalue weighted by molar-refractivity contribution is -0.137. The smallest absolute Gasteiger partial charge is 0.303 e. The average Bonchev–Trinajstić information content (AvgIpc) is 3.58. The van der Waals surface area contributed by atoms with E-state index in [1.165, 1.54) is 12.8 Å². The maximum Gasteiger partial charge on any atom is 0.303 e. The van der Waals surface area contributed by atoms with Crippen molar-refractivity contribution in [1.29, 1.82) is 0 Å². The number of anilines is 1. The van der Waals surface area contributed by atoms with Gasteiger partial charge in [0.15, 0.2) is 0 Å². The molecular formula is C30H43ClN4O3. The second-order valence-corrected chi connectivity index (χ2v) is 12.7. The highest BCUT2D eigenvalue weighted by molar-refractivity contribution is 6.33. The SMILES string of the molecule is CCC(C)(CC1CC(c2nnc([C@@H](CCC(=O)O)CC(=O)Nc3ccc(C)cc3Cl)n2C2CC2)C1)C(C)C. The fourth-order valence-corrected chi connectivity index (χ4v) is 6.19. The molecule has 1 aromatic carbocycles. The molecule has 2 aromatic rings. The summed E-state index contributed by atoms with van der Waals surface area (Å²) in [7, 11) is 0. The van der Waals surface area contributed by atoms with Crippen molar-refractivity contribution in [2.45, 2.75) is 110 Å². The van der Waals surface area contributed by atoms with Gasteiger partial charge in [0.05, 0.1) is 10.7 Å². The van der Waals surface area contributed by atoms with Crippen molar-refractivity contribution >= 4 is 29.2 Å². The summed E-state index contributed by atoms with van der Waals surface area (Å²) in [5, 5.41) is 22.1. The summed E-state index contributed by atoms with van der Waals surface area (Å²) >= 11 is 6.32. The number of hydrogen-bond donors (Lipinski definition) is 2. The third-order valence-electron chi connectivity index (χ3n) is 9.12. The summed E-state index contributed by atoms with van der Waals surface area (Å²) in [5.74, 6) is 2.14. The molecule has 2 N–H and O–H groups in total. The number of hydrogen-bond acceptors (Lipinski definition) is 4. The van der Waals surface area contributed by atoms with Crippen LogP contribution in [0.4, 0.5) is 5.69 Å². The number of rotatable bonds is 13. The first kappa shape index (κ1) is 28.6. The second-order valence-electron chi connectivity index (χ2n) is 12.3. The van der Waals surface area contributed by atoms with Gasteiger partial charge < -0.3 is 15.0 Å². The van der Waals surface area contributed by atoms with E-state index in [2.05, 4.69) is 47.8 Å². The second kappa shape index (κ2) is 11.8. The van der Waals surface area contributed by atoms with Crippen molar-refractivity contribution < 1.29 is 14.7 Å². The van der Waals surface area contributed by atoms with E-state index in [0.29, 0.717) is 46.3 Å². The van der Waals surface area contributed by atoms with E-state index in [0.717, 1.165) is 42.9 Å². The Morgan fingerprint density at radius 2 is 1.95 bits per heavy atom. The van der Waals surface area contributed by atoms with Crippen molar-refractivity contribution in [1.82, 2.24) is 14.8 Å². The highest BCUT2D eigenvalue weighted by atomic mass is 35.5. The van der Waals surface area contributed by atoms with Crippen LogP contribution < -0.4 is 5.32 Å². The van der Waals surface area contributed by atoms with E-state index in [9.17, 15) is 14.7 Å². The summed E-state index contributed by atoms with van der Waals surface area (Å²) in [4.78, 5) is 24.5. The molecule has 1 amide bonds. The lowest BCUT2D eigenvalue weighted by atomic mass is 9.63. The van der Waals surface area contributed by atoms with Crippen LogP contribution >= 0.6 is 11.6 Å². The molecule has 208 valence electrons. The molecule has 0 radical (unpaired) electrons. The van der Waals surface area contributed by atoms with Crippen LogP contribution in [0.3, 0.4) is 0 Å². The van der Waals surface area contributed by atoms with Crippen LogP contribution in [0.15, 0.2) is 18.2 Å². The van der Waals surface area contributed by atoms with Crippen molar-refractivity contribution in [2.24, 2.45) is 17.3 Å². The fourth-order valence-electron chi connectivity index (χ4n) is 5.91. The Hall–Kier alpha value is -2.41. The number of nitrogens with zero attached hydrogens (tertiary/aromatic N) is 3. The number of aliphatic carboxylic acids is 1. The van der Waals surface area contributed by atoms with Crippen LogP contribution in [-0.2, 0) is 9.59 Å². The summed E-state index contributed by atoms with van der Waals surface area (Å²) < 4.78 is 2.26. The predicted octanol–water partition coefficient (Wildman–Crippen LogP) is 7.51. The molecule has 2 saturated carbocycles. The summed E-state index contributed by atoms with van der Waals surface area (Å²) in [6.07, 6.45) is 7.29. The molecule has 8 heteroatoms. The average molecular weight is 543 g/mol. The predicted molar refractivity (Wildman–Crippen MR) is 151 cm³/mol. The molecule has 1 heterocycles. The topological polar surface area (TPSA) is 97.1 Å². The normalized spacial score (nSPS) is 21.6. The van der Waals surface area contributed by atoms with Crippen LogP contribution in [0, 0.1) is 24.2 Å². The number of aromatic nitrogens is 3. The molecule has 4 rings (SSSR count). The number of halogens is 1. The monoisotopic (exact) mass is 542 g/mol. The Kier molecular flexibility index (Phi) is 8.85. The van der Waals surface area contributed by atoms with Crippen molar-refractivity contribution in [2.75, 3.05) is 5.32 Å². The molecule has 38 heavy (non-hydrogen) atoms. The number of nitrogens with one attached hydrogen (secondary N) is 1. The quantitative estimate of drug-likeness (QED) is 0.273. The van der Waals surface area contributed by atoms with Crippen LogP contribution in [0.5, 0.6) is 0 Å². The fraction of sp³-hybridized carbons (Fsp3) is 0.667. The van der Waals surface area contributed by atoms with Crippen LogP contribution in [0.2, 0.25) is 5.02 Å². The number of carbonyl (C=O) groups is 2. The van der Waals surface area contributed by atoms with Crippen LogP contribution in [0.25, 0.3) is 0 Å². The highest BCUT2D eigenvalue weighted by Gasteiger charge is 2.42. The Balaban J connectivity index is 1.50. The van der Waals surface area contributed by atoms with E-state index in [1.54, 1.807) is 6.07 Å². The minimum absolute atomic E-state index is 0.0214. The zero-order valence-corrected chi connectivity index (χ0v) is 24.2. The maximum absolute atomic E-state index is 13.1. The van der Waals surface area contributed by atoms with Gasteiger partial charge in [0.1, 0.15) is 11.6 Å². The number of aryl methyl sites for hydroxylation is 1. The largest absolute Gasteiger partial charge is 0.481 e. The van der Waals surface area contributed by atoms with Crippen molar-refractivity contribution in [3.8, 4) is 0 Å². The van der Waals surface area contributed by atoms with Gasteiger partial charge in [-0.05, 0) is 80.4 Å². The zero-order valence-electron chi connectivity index (χ0n) is 23.5. The lowest BCUT2D eigenvalue weighted by Gasteiger charge is -2.43. The van der Waals surface area contributed by atoms with E-state index in [4.69, 9.17) is 11.6 Å². The van der Waals surface area contributed by atoms with Gasteiger partial charge in [0.25, 0.3) is 0 Å². The molecule has 2 aliphatic carbocycles. The van der Waals surface area contributed by atoms with Gasteiger partial charge in [0.2, 0.25) is 5.91 Å². The van der Waals surface area contributed by atoms with Gasteiger partial charge in [0, 0.05) is 30.7 Å². The molecule has 2 fully saturated rings. The molecule has 2 atom stereocenters. The first-order valence-corrected chi connectivity index (χ1v) is 14.6. The Morgan fingerprint density at radius 1 is 1.24 bits per heavy atom. The standard InChI is InChI=1S/C30H43ClN4O3/c1-6-30(5,18(2)3)17-20-14-22(15-20)29-34-33-28(35(29)23-9-10-23)21(8-12-27(37)38)16-26(36)32-25-11-7-19(4)13-24(25)31/h7,11,13,18,20-23H,6,8-10,12,14-17H2,1-5H3,(H,32,36)(H,37,38)/t20?,21-,22?,30?/m0/s1. The number of carbonyl (C=O) groups excluding carboxylic acids is 1. The molecule has 1 unspecified atom stereocenters. The number of carboxylic acid groups (broad SMARTS) is 1. The minimum atomic E-state index is -0.874. The van der Waals surface area contributed by atoms with Gasteiger partial charge in [-0.3, -0.25) is 9.59 Å². The van der Waals surface area contributed by atoms with Crippen molar-refractivity contribution in [3.05, 3.63) is 40.4 Å². The molecule has 1 aromatic heterocycles. The number of amides is 1. The summed E-state index contributed by atoms with van der Waals surface area (Å²) in [6.45, 7) is 11.3. The van der Waals surface area contributed by atoms with Gasteiger partial charge in [-0.15, -0.1) is 10.2 Å². The van der Waals surface area contributed by atoms with Crippen LogP contribution in [-0.4, -0.2) is 31.7 Å². The summed E-state index contributed by atoms with van der Waals surface area (Å²) in [5.41, 5.74) is 1.93. The number of benzene rings is 1. The van der Waals surface area contributed by atoms with Crippen LogP contribution in [0.1, 0.15) is 121 Å². The van der Waals surface area contributed by atoms with Crippen molar-refractivity contribution in [3.63, 3.8) is 0 Å². The molecule has 7 nitrogen and oxygen atoms in total. The highest BCUT2D eigenvalue weighted by Crippen LogP contribution is 2.51. The molecule has 2 aliphatic rings. The first-order chi connectivity index (χ1) is 18.0. The third kappa shape index (κ3) is 6.59. The van der Waals surface area contributed by atoms with E-state index in [-0.39, 0.29) is 24.7 Å². The molecule has 0 saturated heterocycles. The molecule has 0 bridgehead atoms. The third-order valence-corrected chi connectivity index (χ3v) is 9.43. The molecule has 0 aliphatic heterocycles. The van der Waals surface area contributed by atoms with Gasteiger partial charge in [-0.2, -0.15) is 0 Å². The Morgan fingerprint density at radius 3 is 2.53 bits per heavy atom. The first-order valence-electron chi connectivity index (χ1n) is 14.2. The van der Waals surface area contributed by atoms with Gasteiger partial charge in [-0.1, -0.05) is 51.8 Å². The zero-order chi connectivity index (χ0) is 27.6. The van der Waals surface area contributed by atoms with E-state index >= 15 is 0 Å². The summed E-state index contributed by atoms with van der Waals surface area (Å²) in [6, 6.07) is 5.86. The molecular weight excluding hydrogens is 500 g/mol. The Labute approximate surface area is 231 Å². The van der Waals surface area contributed by atoms with E-state index in [1.807, 2.05) is 19.1 Å². The lowest BCUT2D eigenvalue weighted by Crippen LogP contribution is -2.33. The number of carboxylic acids is 1.